The summed E-state index contributed by atoms with van der Waals surface area (Å²) in [7, 11) is 0. The third-order valence-corrected chi connectivity index (χ3v) is 3.61. The van der Waals surface area contributed by atoms with Crippen molar-refractivity contribution in [3.8, 4) is 11.1 Å². The van der Waals surface area contributed by atoms with Gasteiger partial charge in [0.15, 0.2) is 0 Å². The maximum absolute atomic E-state index is 6.00. The third kappa shape index (κ3) is 3.27. The van der Waals surface area contributed by atoms with Crippen molar-refractivity contribution in [1.82, 2.24) is 0 Å². The van der Waals surface area contributed by atoms with Crippen LogP contribution in [-0.4, -0.2) is 0 Å². The summed E-state index contributed by atoms with van der Waals surface area (Å²) in [6.45, 7) is 5.64. The van der Waals surface area contributed by atoms with Gasteiger partial charge in [0.25, 0.3) is 0 Å². The highest BCUT2D eigenvalue weighted by Gasteiger charge is 2.10. The first-order valence-electron chi connectivity index (χ1n) is 7.26. The monoisotopic (exact) mass is 268 g/mol. The quantitative estimate of drug-likeness (QED) is 0.872. The molecular formula is C18H24N2. The molecule has 0 aliphatic rings. The van der Waals surface area contributed by atoms with Crippen LogP contribution in [0.2, 0.25) is 0 Å². The second-order valence-corrected chi connectivity index (χ2v) is 5.65. The van der Waals surface area contributed by atoms with Gasteiger partial charge in [0.2, 0.25) is 0 Å². The number of benzene rings is 2. The summed E-state index contributed by atoms with van der Waals surface area (Å²) in [6, 6.07) is 14.9. The van der Waals surface area contributed by atoms with Gasteiger partial charge in [-0.3, -0.25) is 0 Å². The van der Waals surface area contributed by atoms with Crippen LogP contribution in [0.4, 0.5) is 0 Å². The van der Waals surface area contributed by atoms with Gasteiger partial charge in [0.1, 0.15) is 0 Å². The van der Waals surface area contributed by atoms with Crippen LogP contribution in [-0.2, 0) is 19.5 Å². The lowest BCUT2D eigenvalue weighted by Crippen LogP contribution is -2.06. The summed E-state index contributed by atoms with van der Waals surface area (Å²) in [6.07, 6.45) is 1.07. The highest BCUT2D eigenvalue weighted by molar-refractivity contribution is 5.69. The van der Waals surface area contributed by atoms with E-state index in [-0.39, 0.29) is 0 Å². The molecule has 2 heteroatoms. The molecule has 0 saturated heterocycles. The molecule has 0 bridgehead atoms. The van der Waals surface area contributed by atoms with Crippen molar-refractivity contribution >= 4 is 0 Å². The van der Waals surface area contributed by atoms with E-state index in [1.807, 2.05) is 0 Å². The molecule has 0 aliphatic carbocycles. The molecule has 0 aliphatic heterocycles. The fraction of sp³-hybridized carbons (Fsp3) is 0.333. The summed E-state index contributed by atoms with van der Waals surface area (Å²) in [4.78, 5) is 0. The number of hydrogen-bond donors (Lipinski definition) is 2. The molecule has 2 nitrogen and oxygen atoms in total. The molecule has 20 heavy (non-hydrogen) atoms. The van der Waals surface area contributed by atoms with E-state index in [2.05, 4.69) is 56.3 Å². The van der Waals surface area contributed by atoms with Crippen molar-refractivity contribution < 1.29 is 0 Å². The lowest BCUT2D eigenvalue weighted by Gasteiger charge is -2.15. The van der Waals surface area contributed by atoms with E-state index in [1.54, 1.807) is 0 Å². The van der Waals surface area contributed by atoms with Crippen molar-refractivity contribution in [1.29, 1.82) is 0 Å². The van der Waals surface area contributed by atoms with E-state index < -0.39 is 0 Å². The minimum atomic E-state index is 0.580. The SMILES string of the molecule is CC(C)Cc1cccc(-c2ccc(CN)cc2)c1CN. The zero-order chi connectivity index (χ0) is 14.5. The van der Waals surface area contributed by atoms with Gasteiger partial charge in [0, 0.05) is 13.1 Å². The Labute approximate surface area is 121 Å². The largest absolute Gasteiger partial charge is 0.326 e. The maximum atomic E-state index is 6.00. The van der Waals surface area contributed by atoms with Crippen LogP contribution in [0.15, 0.2) is 42.5 Å². The molecule has 2 aromatic carbocycles. The van der Waals surface area contributed by atoms with E-state index in [0.29, 0.717) is 19.0 Å². The zero-order valence-corrected chi connectivity index (χ0v) is 12.4. The van der Waals surface area contributed by atoms with Crippen LogP contribution in [0.3, 0.4) is 0 Å². The average Bonchev–Trinajstić information content (AvgIpc) is 2.46. The Kier molecular flexibility index (Phi) is 4.94. The van der Waals surface area contributed by atoms with E-state index in [0.717, 1.165) is 12.0 Å². The standard InChI is InChI=1S/C18H24N2/c1-13(2)10-16-4-3-5-17(18(16)12-20)15-8-6-14(11-19)7-9-15/h3-9,13H,10-12,19-20H2,1-2H3. The second-order valence-electron chi connectivity index (χ2n) is 5.65. The van der Waals surface area contributed by atoms with E-state index in [4.69, 9.17) is 11.5 Å². The van der Waals surface area contributed by atoms with Gasteiger partial charge in [-0.15, -0.1) is 0 Å². The lowest BCUT2D eigenvalue weighted by molar-refractivity contribution is 0.643. The first-order valence-corrected chi connectivity index (χ1v) is 7.26. The molecule has 0 spiro atoms. The van der Waals surface area contributed by atoms with Gasteiger partial charge in [-0.1, -0.05) is 56.3 Å². The Hall–Kier alpha value is -1.64. The summed E-state index contributed by atoms with van der Waals surface area (Å²) in [5.41, 5.74) is 17.9. The van der Waals surface area contributed by atoms with E-state index in [1.165, 1.54) is 22.3 Å². The van der Waals surface area contributed by atoms with Crippen LogP contribution in [0.25, 0.3) is 11.1 Å². The molecule has 0 heterocycles. The van der Waals surface area contributed by atoms with Gasteiger partial charge in [-0.05, 0) is 40.2 Å². The lowest BCUT2D eigenvalue weighted by atomic mass is 9.91. The van der Waals surface area contributed by atoms with Crippen molar-refractivity contribution in [2.45, 2.75) is 33.4 Å². The number of hydrogen-bond acceptors (Lipinski definition) is 2. The molecule has 0 radical (unpaired) electrons. The van der Waals surface area contributed by atoms with Gasteiger partial charge in [0.05, 0.1) is 0 Å². The Balaban J connectivity index is 2.44. The van der Waals surface area contributed by atoms with Crippen molar-refractivity contribution in [3.05, 3.63) is 59.2 Å². The van der Waals surface area contributed by atoms with Crippen molar-refractivity contribution in [2.24, 2.45) is 17.4 Å². The van der Waals surface area contributed by atoms with E-state index >= 15 is 0 Å². The Bertz CT molecular complexity index is 556. The Morgan fingerprint density at radius 3 is 2.15 bits per heavy atom. The first-order chi connectivity index (χ1) is 9.65. The maximum Gasteiger partial charge on any atom is 0.0187 e. The molecule has 0 fully saturated rings. The highest BCUT2D eigenvalue weighted by atomic mass is 14.5. The fourth-order valence-electron chi connectivity index (χ4n) is 2.60. The molecule has 0 saturated carbocycles. The van der Waals surface area contributed by atoms with E-state index in [9.17, 15) is 0 Å². The minimum Gasteiger partial charge on any atom is -0.326 e. The highest BCUT2D eigenvalue weighted by Crippen LogP contribution is 2.27. The van der Waals surface area contributed by atoms with Gasteiger partial charge in [-0.2, -0.15) is 0 Å². The molecule has 0 unspecified atom stereocenters. The summed E-state index contributed by atoms with van der Waals surface area (Å²) in [5, 5.41) is 0. The Morgan fingerprint density at radius 1 is 0.900 bits per heavy atom. The molecule has 106 valence electrons. The molecule has 0 aromatic heterocycles. The second kappa shape index (κ2) is 6.69. The minimum absolute atomic E-state index is 0.580. The molecule has 2 aromatic rings. The molecule has 0 amide bonds. The van der Waals surface area contributed by atoms with Crippen LogP contribution in [0, 0.1) is 5.92 Å². The molecular weight excluding hydrogens is 244 g/mol. The number of nitrogens with two attached hydrogens (primary N) is 2. The summed E-state index contributed by atoms with van der Waals surface area (Å²) < 4.78 is 0. The zero-order valence-electron chi connectivity index (χ0n) is 12.4. The predicted octanol–water partition coefficient (Wildman–Crippen LogP) is 3.47. The van der Waals surface area contributed by atoms with Crippen LogP contribution in [0.5, 0.6) is 0 Å². The normalized spacial score (nSPS) is 11.1. The number of rotatable bonds is 5. The van der Waals surface area contributed by atoms with Crippen molar-refractivity contribution in [3.63, 3.8) is 0 Å². The summed E-state index contributed by atoms with van der Waals surface area (Å²) >= 11 is 0. The van der Waals surface area contributed by atoms with Gasteiger partial charge in [-0.25, -0.2) is 0 Å². The first kappa shape index (κ1) is 14.8. The Morgan fingerprint density at radius 2 is 1.60 bits per heavy atom. The summed E-state index contributed by atoms with van der Waals surface area (Å²) in [5.74, 6) is 0.634. The molecule has 2 rings (SSSR count). The molecule has 0 atom stereocenters. The van der Waals surface area contributed by atoms with Gasteiger partial charge >= 0.3 is 0 Å². The van der Waals surface area contributed by atoms with Crippen molar-refractivity contribution in [2.75, 3.05) is 0 Å². The van der Waals surface area contributed by atoms with Crippen LogP contribution < -0.4 is 11.5 Å². The average molecular weight is 268 g/mol. The van der Waals surface area contributed by atoms with Gasteiger partial charge < -0.3 is 11.5 Å². The fourth-order valence-corrected chi connectivity index (χ4v) is 2.60. The third-order valence-electron chi connectivity index (χ3n) is 3.61. The van der Waals surface area contributed by atoms with Crippen LogP contribution in [0.1, 0.15) is 30.5 Å². The topological polar surface area (TPSA) is 52.0 Å². The molecule has 4 N–H and O–H groups in total. The van der Waals surface area contributed by atoms with Crippen LogP contribution >= 0.6 is 0 Å². The smallest absolute Gasteiger partial charge is 0.0187 e. The predicted molar refractivity (Wildman–Crippen MR) is 86.2 cm³/mol.